The van der Waals surface area contributed by atoms with E-state index in [1.165, 1.54) is 11.3 Å². The number of thiophene rings is 1. The Hall–Kier alpha value is -2.06. The zero-order chi connectivity index (χ0) is 15.5. The maximum atomic E-state index is 11.1. The third-order valence-corrected chi connectivity index (χ3v) is 4.14. The first kappa shape index (κ1) is 15.3. The quantitative estimate of drug-likeness (QED) is 0.754. The van der Waals surface area contributed by atoms with Crippen LogP contribution in [0, 0.1) is 0 Å². The molecule has 0 spiro atoms. The fourth-order valence-electron chi connectivity index (χ4n) is 1.66. The van der Waals surface area contributed by atoms with Gasteiger partial charge in [0.15, 0.2) is 0 Å². The average Bonchev–Trinajstić information content (AvgIpc) is 2.85. The molecule has 0 saturated heterocycles. The predicted octanol–water partition coefficient (Wildman–Crippen LogP) is 1.83. The van der Waals surface area contributed by atoms with Crippen molar-refractivity contribution in [2.75, 3.05) is 16.3 Å². The summed E-state index contributed by atoms with van der Waals surface area (Å²) in [6.07, 6.45) is 1.10. The number of hydrogen-bond acceptors (Lipinski definition) is 5. The second-order valence-electron chi connectivity index (χ2n) is 4.47. The fourth-order valence-corrected chi connectivity index (χ4v) is 3.04. The molecular formula is C13H15N3O3S2. The van der Waals surface area contributed by atoms with Gasteiger partial charge in [-0.15, -0.1) is 11.3 Å². The summed E-state index contributed by atoms with van der Waals surface area (Å²) in [4.78, 5) is 12.0. The van der Waals surface area contributed by atoms with Gasteiger partial charge in [-0.05, 0) is 30.3 Å². The summed E-state index contributed by atoms with van der Waals surface area (Å²) in [7, 11) is -3.26. The number of carbonyl (C=O) groups excluding carboxylic acids is 1. The first-order valence-corrected chi connectivity index (χ1v) is 8.79. The lowest BCUT2D eigenvalue weighted by molar-refractivity contribution is 0.100. The van der Waals surface area contributed by atoms with Crippen LogP contribution in [0.15, 0.2) is 35.7 Å². The number of primary amides is 1. The van der Waals surface area contributed by atoms with Crippen molar-refractivity contribution in [3.8, 4) is 0 Å². The van der Waals surface area contributed by atoms with Gasteiger partial charge in [-0.3, -0.25) is 9.52 Å². The zero-order valence-electron chi connectivity index (χ0n) is 11.3. The van der Waals surface area contributed by atoms with Crippen molar-refractivity contribution in [2.45, 2.75) is 6.54 Å². The molecule has 1 heterocycles. The molecule has 21 heavy (non-hydrogen) atoms. The van der Waals surface area contributed by atoms with E-state index >= 15 is 0 Å². The van der Waals surface area contributed by atoms with Crippen LogP contribution in [-0.4, -0.2) is 20.6 Å². The minimum Gasteiger partial charge on any atom is -0.380 e. The van der Waals surface area contributed by atoms with Gasteiger partial charge in [0, 0.05) is 28.2 Å². The molecule has 1 aromatic heterocycles. The van der Waals surface area contributed by atoms with Crippen LogP contribution >= 0.6 is 11.3 Å². The third-order valence-electron chi connectivity index (χ3n) is 2.59. The molecule has 1 aromatic carbocycles. The van der Waals surface area contributed by atoms with Gasteiger partial charge < -0.3 is 11.1 Å². The number of sulfonamides is 1. The molecule has 112 valence electrons. The summed E-state index contributed by atoms with van der Waals surface area (Å²) in [5, 5.41) is 4.91. The van der Waals surface area contributed by atoms with Crippen molar-refractivity contribution >= 4 is 38.6 Å². The van der Waals surface area contributed by atoms with E-state index in [2.05, 4.69) is 10.0 Å². The van der Waals surface area contributed by atoms with Gasteiger partial charge >= 0.3 is 0 Å². The Morgan fingerprint density at radius 1 is 1.24 bits per heavy atom. The van der Waals surface area contributed by atoms with Gasteiger partial charge in [-0.25, -0.2) is 8.42 Å². The number of nitrogens with one attached hydrogen (secondary N) is 2. The van der Waals surface area contributed by atoms with Crippen molar-refractivity contribution < 1.29 is 13.2 Å². The number of anilines is 2. The fraction of sp³-hybridized carbons (Fsp3) is 0.154. The smallest absolute Gasteiger partial charge is 0.249 e. The Kier molecular flexibility index (Phi) is 4.49. The van der Waals surface area contributed by atoms with Gasteiger partial charge in [-0.2, -0.15) is 0 Å². The number of carbonyl (C=O) groups is 1. The lowest BCUT2D eigenvalue weighted by atomic mass is 10.2. The lowest BCUT2D eigenvalue weighted by Gasteiger charge is -2.07. The molecular weight excluding hydrogens is 310 g/mol. The Morgan fingerprint density at radius 3 is 2.38 bits per heavy atom. The summed E-state index contributed by atoms with van der Waals surface area (Å²) in [5.74, 6) is -0.436. The van der Waals surface area contributed by atoms with Crippen LogP contribution in [0.3, 0.4) is 0 Å². The standard InChI is InChI=1S/C13H15N3O3S2/c1-21(18,19)16-11-4-2-10(3-5-11)15-7-12-6-9(8-20-12)13(14)17/h2-6,8,15-16H,7H2,1H3,(H2,14,17). The molecule has 1 amide bonds. The Bertz CT molecular complexity index is 736. The van der Waals surface area contributed by atoms with Crippen molar-refractivity contribution in [1.29, 1.82) is 0 Å². The molecule has 0 unspecified atom stereocenters. The summed E-state index contributed by atoms with van der Waals surface area (Å²) in [5.41, 5.74) is 7.06. The van der Waals surface area contributed by atoms with Crippen LogP contribution in [0.1, 0.15) is 15.2 Å². The Balaban J connectivity index is 1.95. The third kappa shape index (κ3) is 4.76. The number of amides is 1. The predicted molar refractivity (Wildman–Crippen MR) is 85.1 cm³/mol. The van der Waals surface area contributed by atoms with E-state index in [9.17, 15) is 13.2 Å². The monoisotopic (exact) mass is 325 g/mol. The highest BCUT2D eigenvalue weighted by molar-refractivity contribution is 7.92. The molecule has 4 N–H and O–H groups in total. The summed E-state index contributed by atoms with van der Waals surface area (Å²) in [6.45, 7) is 0.566. The molecule has 0 bridgehead atoms. The second kappa shape index (κ2) is 6.15. The van der Waals surface area contributed by atoms with Crippen molar-refractivity contribution in [1.82, 2.24) is 0 Å². The van der Waals surface area contributed by atoms with Crippen LogP contribution < -0.4 is 15.8 Å². The maximum Gasteiger partial charge on any atom is 0.249 e. The minimum absolute atomic E-state index is 0.436. The lowest BCUT2D eigenvalue weighted by Crippen LogP contribution is -2.09. The molecule has 8 heteroatoms. The Labute approximate surface area is 127 Å². The number of hydrogen-bond donors (Lipinski definition) is 3. The van der Waals surface area contributed by atoms with E-state index in [4.69, 9.17) is 5.73 Å². The van der Waals surface area contributed by atoms with Crippen LogP contribution in [0.2, 0.25) is 0 Å². The largest absolute Gasteiger partial charge is 0.380 e. The van der Waals surface area contributed by atoms with E-state index in [1.54, 1.807) is 35.7 Å². The molecule has 0 aliphatic heterocycles. The van der Waals surface area contributed by atoms with Crippen molar-refractivity contribution in [2.24, 2.45) is 5.73 Å². The highest BCUT2D eigenvalue weighted by Crippen LogP contribution is 2.18. The van der Waals surface area contributed by atoms with Crippen LogP contribution in [0.25, 0.3) is 0 Å². The van der Waals surface area contributed by atoms with E-state index in [0.717, 1.165) is 16.8 Å². The Morgan fingerprint density at radius 2 is 1.86 bits per heavy atom. The SMILES string of the molecule is CS(=O)(=O)Nc1ccc(NCc2cc(C(N)=O)cs2)cc1. The van der Waals surface area contributed by atoms with Crippen LogP contribution in [0.5, 0.6) is 0 Å². The average molecular weight is 325 g/mol. The first-order chi connectivity index (χ1) is 9.83. The molecule has 2 rings (SSSR count). The van der Waals surface area contributed by atoms with E-state index < -0.39 is 15.9 Å². The minimum atomic E-state index is -3.26. The second-order valence-corrected chi connectivity index (χ2v) is 7.22. The molecule has 0 radical (unpaired) electrons. The number of benzene rings is 1. The van der Waals surface area contributed by atoms with Crippen molar-refractivity contribution in [3.63, 3.8) is 0 Å². The van der Waals surface area contributed by atoms with Gasteiger partial charge in [0.05, 0.1) is 11.8 Å². The highest BCUT2D eigenvalue weighted by atomic mass is 32.2. The maximum absolute atomic E-state index is 11.1. The first-order valence-electron chi connectivity index (χ1n) is 6.02. The normalized spacial score (nSPS) is 11.1. The van der Waals surface area contributed by atoms with Crippen LogP contribution in [0.4, 0.5) is 11.4 Å². The van der Waals surface area contributed by atoms with Gasteiger partial charge in [0.25, 0.3) is 0 Å². The molecule has 0 fully saturated rings. The molecule has 0 aliphatic carbocycles. The summed E-state index contributed by atoms with van der Waals surface area (Å²) in [6, 6.07) is 8.64. The topological polar surface area (TPSA) is 101 Å². The van der Waals surface area contributed by atoms with Gasteiger partial charge in [0.2, 0.25) is 15.9 Å². The summed E-state index contributed by atoms with van der Waals surface area (Å²) >= 11 is 1.45. The highest BCUT2D eigenvalue weighted by Gasteiger charge is 2.05. The number of rotatable bonds is 6. The van der Waals surface area contributed by atoms with E-state index in [1.807, 2.05) is 0 Å². The molecule has 0 atom stereocenters. The van der Waals surface area contributed by atoms with Crippen LogP contribution in [-0.2, 0) is 16.6 Å². The molecule has 0 aliphatic rings. The molecule has 6 nitrogen and oxygen atoms in total. The van der Waals surface area contributed by atoms with Crippen molar-refractivity contribution in [3.05, 3.63) is 46.2 Å². The molecule has 0 saturated carbocycles. The van der Waals surface area contributed by atoms with Gasteiger partial charge in [-0.1, -0.05) is 0 Å². The van der Waals surface area contributed by atoms with E-state index in [-0.39, 0.29) is 0 Å². The number of nitrogens with two attached hydrogens (primary N) is 1. The van der Waals surface area contributed by atoms with E-state index in [0.29, 0.717) is 17.8 Å². The zero-order valence-corrected chi connectivity index (χ0v) is 12.9. The van der Waals surface area contributed by atoms with Gasteiger partial charge in [0.1, 0.15) is 0 Å². The molecule has 2 aromatic rings. The summed E-state index contributed by atoms with van der Waals surface area (Å²) < 4.78 is 24.6.